The number of carboxylic acids is 1. The van der Waals surface area contributed by atoms with E-state index >= 15 is 0 Å². The van der Waals surface area contributed by atoms with E-state index in [1.165, 1.54) is 31.2 Å². The van der Waals surface area contributed by atoms with Crippen LogP contribution in [0.3, 0.4) is 0 Å². The summed E-state index contributed by atoms with van der Waals surface area (Å²) in [5, 5.41) is 12.6. The van der Waals surface area contributed by atoms with E-state index < -0.39 is 18.1 Å². The van der Waals surface area contributed by atoms with Gasteiger partial charge in [-0.3, -0.25) is 0 Å². The van der Waals surface area contributed by atoms with E-state index in [9.17, 15) is 18.0 Å². The number of halogens is 3. The molecule has 20 heavy (non-hydrogen) atoms. The van der Waals surface area contributed by atoms with Gasteiger partial charge in [0.05, 0.1) is 0 Å². The van der Waals surface area contributed by atoms with Crippen LogP contribution in [0.1, 0.15) is 16.2 Å². The summed E-state index contributed by atoms with van der Waals surface area (Å²) < 4.78 is 42.0. The summed E-state index contributed by atoms with van der Waals surface area (Å²) in [6.07, 6.45) is -4.84. The Balaban J connectivity index is 2.50. The fourth-order valence-electron chi connectivity index (χ4n) is 1.67. The SMILES string of the molecule is Cc1cc(C(=O)O)nn1-c1ccccc1OC(F)(F)F. The number of aryl methyl sites for hydroxylation is 1. The number of carboxylic acid groups (broad SMARTS) is 1. The van der Waals surface area contributed by atoms with Crippen LogP contribution in [-0.4, -0.2) is 27.2 Å². The Hall–Kier alpha value is -2.51. The van der Waals surface area contributed by atoms with Crippen LogP contribution >= 0.6 is 0 Å². The van der Waals surface area contributed by atoms with Gasteiger partial charge in [-0.25, -0.2) is 9.48 Å². The fraction of sp³-hybridized carbons (Fsp3) is 0.167. The van der Waals surface area contributed by atoms with E-state index in [-0.39, 0.29) is 11.4 Å². The van der Waals surface area contributed by atoms with Gasteiger partial charge in [-0.2, -0.15) is 5.10 Å². The Bertz CT molecular complexity index is 650. The normalized spacial score (nSPS) is 11.4. The van der Waals surface area contributed by atoms with Crippen LogP contribution in [0.15, 0.2) is 30.3 Å². The Labute approximate surface area is 111 Å². The van der Waals surface area contributed by atoms with Gasteiger partial charge in [-0.15, -0.1) is 13.2 Å². The number of rotatable bonds is 3. The third-order valence-corrected chi connectivity index (χ3v) is 2.43. The molecule has 1 aromatic carbocycles. The van der Waals surface area contributed by atoms with Gasteiger partial charge in [0.1, 0.15) is 5.69 Å². The van der Waals surface area contributed by atoms with Gasteiger partial charge < -0.3 is 9.84 Å². The van der Waals surface area contributed by atoms with Crippen LogP contribution in [-0.2, 0) is 0 Å². The maximum atomic E-state index is 12.3. The molecule has 106 valence electrons. The van der Waals surface area contributed by atoms with E-state index in [2.05, 4.69) is 9.84 Å². The summed E-state index contributed by atoms with van der Waals surface area (Å²) in [6.45, 7) is 1.53. The van der Waals surface area contributed by atoms with Crippen molar-refractivity contribution in [1.82, 2.24) is 9.78 Å². The van der Waals surface area contributed by atoms with Gasteiger partial charge in [0.25, 0.3) is 0 Å². The first-order valence-corrected chi connectivity index (χ1v) is 5.43. The highest BCUT2D eigenvalue weighted by molar-refractivity contribution is 5.85. The van der Waals surface area contributed by atoms with Crippen molar-refractivity contribution in [3.8, 4) is 11.4 Å². The Kier molecular flexibility index (Phi) is 3.39. The summed E-state index contributed by atoms with van der Waals surface area (Å²) in [6, 6.07) is 6.62. The topological polar surface area (TPSA) is 64.3 Å². The lowest BCUT2D eigenvalue weighted by Crippen LogP contribution is -2.18. The van der Waals surface area contributed by atoms with Crippen molar-refractivity contribution < 1.29 is 27.8 Å². The van der Waals surface area contributed by atoms with Gasteiger partial charge >= 0.3 is 12.3 Å². The summed E-state index contributed by atoms with van der Waals surface area (Å²) >= 11 is 0. The van der Waals surface area contributed by atoms with Crippen LogP contribution < -0.4 is 4.74 Å². The van der Waals surface area contributed by atoms with Gasteiger partial charge in [-0.1, -0.05) is 12.1 Å². The Morgan fingerprint density at radius 1 is 1.35 bits per heavy atom. The first-order chi connectivity index (χ1) is 9.28. The van der Waals surface area contributed by atoms with Crippen molar-refractivity contribution in [3.63, 3.8) is 0 Å². The van der Waals surface area contributed by atoms with Crippen LogP contribution in [0.5, 0.6) is 5.75 Å². The molecule has 2 aromatic rings. The van der Waals surface area contributed by atoms with Gasteiger partial charge in [0.2, 0.25) is 0 Å². The van der Waals surface area contributed by atoms with E-state index in [0.29, 0.717) is 5.69 Å². The molecule has 0 aliphatic heterocycles. The number of ether oxygens (including phenoxy) is 1. The number of aromatic nitrogens is 2. The maximum absolute atomic E-state index is 12.3. The van der Waals surface area contributed by atoms with E-state index in [1.807, 2.05) is 0 Å². The van der Waals surface area contributed by atoms with E-state index in [1.54, 1.807) is 0 Å². The van der Waals surface area contributed by atoms with Crippen molar-refractivity contribution in [2.24, 2.45) is 0 Å². The molecule has 1 N–H and O–H groups in total. The molecule has 2 rings (SSSR count). The molecule has 5 nitrogen and oxygen atoms in total. The highest BCUT2D eigenvalue weighted by Crippen LogP contribution is 2.29. The van der Waals surface area contributed by atoms with E-state index in [4.69, 9.17) is 5.11 Å². The quantitative estimate of drug-likeness (QED) is 0.942. The zero-order valence-corrected chi connectivity index (χ0v) is 10.2. The Morgan fingerprint density at radius 2 is 2.00 bits per heavy atom. The number of hydrogen-bond donors (Lipinski definition) is 1. The molecule has 0 saturated heterocycles. The first-order valence-electron chi connectivity index (χ1n) is 5.43. The molecule has 0 atom stereocenters. The predicted molar refractivity (Wildman–Crippen MR) is 61.9 cm³/mol. The van der Waals surface area contributed by atoms with Crippen molar-refractivity contribution in [2.75, 3.05) is 0 Å². The molecule has 8 heteroatoms. The molecule has 0 aliphatic rings. The minimum absolute atomic E-state index is 0.00910. The van der Waals surface area contributed by atoms with Crippen molar-refractivity contribution >= 4 is 5.97 Å². The van der Waals surface area contributed by atoms with Crippen LogP contribution in [0.2, 0.25) is 0 Å². The number of alkyl halides is 3. The highest BCUT2D eigenvalue weighted by atomic mass is 19.4. The molecule has 0 bridgehead atoms. The lowest BCUT2D eigenvalue weighted by molar-refractivity contribution is -0.274. The molecule has 1 heterocycles. The van der Waals surface area contributed by atoms with Crippen LogP contribution in [0.4, 0.5) is 13.2 Å². The van der Waals surface area contributed by atoms with Gasteiger partial charge in [0.15, 0.2) is 11.4 Å². The number of carbonyl (C=O) groups is 1. The summed E-state index contributed by atoms with van der Waals surface area (Å²) in [4.78, 5) is 10.8. The number of benzene rings is 1. The second-order valence-electron chi connectivity index (χ2n) is 3.90. The first kappa shape index (κ1) is 13.9. The Morgan fingerprint density at radius 3 is 2.55 bits per heavy atom. The molecule has 0 aliphatic carbocycles. The summed E-state index contributed by atoms with van der Waals surface area (Å²) in [7, 11) is 0. The van der Waals surface area contributed by atoms with Crippen molar-refractivity contribution in [1.29, 1.82) is 0 Å². The molecule has 0 amide bonds. The lowest BCUT2D eigenvalue weighted by atomic mass is 10.3. The number of nitrogens with zero attached hydrogens (tertiary/aromatic N) is 2. The standard InChI is InChI=1S/C12H9F3N2O3/c1-7-6-8(11(18)19)16-17(7)9-4-2-3-5-10(9)20-12(13,14)15/h2-6H,1H3,(H,18,19). The zero-order chi connectivity index (χ0) is 14.9. The lowest BCUT2D eigenvalue weighted by Gasteiger charge is -2.13. The smallest absolute Gasteiger partial charge is 0.476 e. The predicted octanol–water partition coefficient (Wildman–Crippen LogP) is 2.78. The molecule has 0 saturated carbocycles. The molecule has 1 aromatic heterocycles. The fourth-order valence-corrected chi connectivity index (χ4v) is 1.67. The number of para-hydroxylation sites is 2. The van der Waals surface area contributed by atoms with Gasteiger partial charge in [-0.05, 0) is 25.1 Å². The average molecular weight is 286 g/mol. The summed E-state index contributed by atoms with van der Waals surface area (Å²) in [5.41, 5.74) is 0.125. The molecule has 0 unspecified atom stereocenters. The molecular weight excluding hydrogens is 277 g/mol. The second kappa shape index (κ2) is 4.87. The minimum atomic E-state index is -4.84. The highest BCUT2D eigenvalue weighted by Gasteiger charge is 2.32. The molecule has 0 fully saturated rings. The second-order valence-corrected chi connectivity index (χ2v) is 3.90. The zero-order valence-electron chi connectivity index (χ0n) is 10.2. The molecule has 0 spiro atoms. The van der Waals surface area contributed by atoms with Crippen LogP contribution in [0.25, 0.3) is 5.69 Å². The third-order valence-electron chi connectivity index (χ3n) is 2.43. The van der Waals surface area contributed by atoms with Crippen molar-refractivity contribution in [3.05, 3.63) is 41.7 Å². The number of hydrogen-bond acceptors (Lipinski definition) is 3. The monoisotopic (exact) mass is 286 g/mol. The van der Waals surface area contributed by atoms with Crippen molar-refractivity contribution in [2.45, 2.75) is 13.3 Å². The summed E-state index contributed by atoms with van der Waals surface area (Å²) in [5.74, 6) is -1.72. The maximum Gasteiger partial charge on any atom is 0.573 e. The molecular formula is C12H9F3N2O3. The number of aromatic carboxylic acids is 1. The molecule has 0 radical (unpaired) electrons. The van der Waals surface area contributed by atoms with E-state index in [0.717, 1.165) is 10.7 Å². The van der Waals surface area contributed by atoms with Gasteiger partial charge in [0, 0.05) is 5.69 Å². The third kappa shape index (κ3) is 2.90. The average Bonchev–Trinajstić information content (AvgIpc) is 2.70. The minimum Gasteiger partial charge on any atom is -0.476 e. The van der Waals surface area contributed by atoms with Crippen LogP contribution in [0, 0.1) is 6.92 Å². The largest absolute Gasteiger partial charge is 0.573 e.